The molecular weight excluding hydrogens is 310 g/mol. The Morgan fingerprint density at radius 2 is 2.00 bits per heavy atom. The molecule has 2 fully saturated rings. The number of rotatable bonds is 3. The number of carbonyl (C=O) groups excluding carboxylic acids is 3. The van der Waals surface area contributed by atoms with Gasteiger partial charge in [0.05, 0.1) is 0 Å². The normalized spacial score (nSPS) is 29.2. The molecule has 3 aliphatic rings. The fourth-order valence-electron chi connectivity index (χ4n) is 4.47. The lowest BCUT2D eigenvalue weighted by atomic mass is 9.68. The molecule has 0 saturated heterocycles. The van der Waals surface area contributed by atoms with Crippen molar-refractivity contribution in [3.05, 3.63) is 23.8 Å². The van der Waals surface area contributed by atoms with Gasteiger partial charge in [-0.2, -0.15) is 0 Å². The molecule has 6 heteroatoms. The van der Waals surface area contributed by atoms with Gasteiger partial charge in [-0.15, -0.1) is 0 Å². The second-order valence-electron chi connectivity index (χ2n) is 7.28. The molecule has 0 spiro atoms. The molecule has 0 aromatic heterocycles. The monoisotopic (exact) mass is 329 g/mol. The van der Waals surface area contributed by atoms with Crippen molar-refractivity contribution in [2.45, 2.75) is 33.2 Å². The van der Waals surface area contributed by atoms with Crippen molar-refractivity contribution < 1.29 is 23.9 Å². The maximum Gasteiger partial charge on any atom is 0.235 e. The molecule has 1 aromatic rings. The summed E-state index contributed by atoms with van der Waals surface area (Å²) in [5.74, 6) is -0.255. The van der Waals surface area contributed by atoms with Crippen molar-refractivity contribution in [1.29, 1.82) is 0 Å². The van der Waals surface area contributed by atoms with Crippen LogP contribution in [0.15, 0.2) is 18.2 Å². The van der Waals surface area contributed by atoms with Gasteiger partial charge in [0, 0.05) is 12.5 Å². The van der Waals surface area contributed by atoms with Gasteiger partial charge in [-0.25, -0.2) is 0 Å². The molecule has 1 aliphatic heterocycles. The highest BCUT2D eigenvalue weighted by atomic mass is 16.7. The Labute approximate surface area is 139 Å². The van der Waals surface area contributed by atoms with Gasteiger partial charge in [0.25, 0.3) is 0 Å². The molecule has 126 valence electrons. The number of benzene rings is 1. The van der Waals surface area contributed by atoms with Crippen LogP contribution in [0, 0.1) is 16.7 Å². The highest BCUT2D eigenvalue weighted by Gasteiger charge is 2.72. The van der Waals surface area contributed by atoms with Crippen molar-refractivity contribution >= 4 is 17.5 Å². The number of ether oxygens (including phenoxy) is 2. The first-order chi connectivity index (χ1) is 11.4. The summed E-state index contributed by atoms with van der Waals surface area (Å²) in [6, 6.07) is 5.45. The number of Topliss-reactive ketones (excluding diaryl/α,β-unsaturated/α-hetero) is 2. The fourth-order valence-corrected chi connectivity index (χ4v) is 4.47. The predicted molar refractivity (Wildman–Crippen MR) is 83.4 cm³/mol. The summed E-state index contributed by atoms with van der Waals surface area (Å²) >= 11 is 0. The third-order valence-corrected chi connectivity index (χ3v) is 5.98. The van der Waals surface area contributed by atoms with Crippen LogP contribution in [0.1, 0.15) is 32.3 Å². The molecule has 1 aromatic carbocycles. The third-order valence-electron chi connectivity index (χ3n) is 5.98. The minimum absolute atomic E-state index is 0.195. The lowest BCUT2D eigenvalue weighted by molar-refractivity contribution is -0.149. The van der Waals surface area contributed by atoms with Crippen molar-refractivity contribution in [2.24, 2.45) is 16.7 Å². The zero-order valence-electron chi connectivity index (χ0n) is 13.7. The smallest absolute Gasteiger partial charge is 0.235 e. The van der Waals surface area contributed by atoms with Crippen LogP contribution in [-0.2, 0) is 20.9 Å². The molecule has 2 saturated carbocycles. The molecule has 6 nitrogen and oxygen atoms in total. The molecule has 0 unspecified atom stereocenters. The Balaban J connectivity index is 1.54. The van der Waals surface area contributed by atoms with Crippen LogP contribution in [-0.4, -0.2) is 24.3 Å². The van der Waals surface area contributed by atoms with Crippen LogP contribution in [0.25, 0.3) is 0 Å². The van der Waals surface area contributed by atoms with Gasteiger partial charge in [0.2, 0.25) is 24.3 Å². The molecular formula is C18H19NO5. The number of hydrogen-bond donors (Lipinski definition) is 1. The van der Waals surface area contributed by atoms with E-state index in [1.807, 2.05) is 26.0 Å². The van der Waals surface area contributed by atoms with Crippen molar-refractivity contribution in [3.63, 3.8) is 0 Å². The molecule has 24 heavy (non-hydrogen) atoms. The Kier molecular flexibility index (Phi) is 3.04. The van der Waals surface area contributed by atoms with Gasteiger partial charge in [-0.3, -0.25) is 14.4 Å². The van der Waals surface area contributed by atoms with Gasteiger partial charge in [-0.1, -0.05) is 19.9 Å². The number of fused-ring (bicyclic) bond motifs is 3. The summed E-state index contributed by atoms with van der Waals surface area (Å²) in [6.07, 6.45) is 1.05. The maximum absolute atomic E-state index is 12.9. The zero-order chi connectivity index (χ0) is 17.1. The van der Waals surface area contributed by atoms with Gasteiger partial charge >= 0.3 is 0 Å². The van der Waals surface area contributed by atoms with Crippen LogP contribution in [0.2, 0.25) is 0 Å². The van der Waals surface area contributed by atoms with E-state index in [0.717, 1.165) is 5.56 Å². The Bertz CT molecular complexity index is 769. The van der Waals surface area contributed by atoms with E-state index in [9.17, 15) is 14.4 Å². The van der Waals surface area contributed by atoms with Crippen molar-refractivity contribution in [3.8, 4) is 11.5 Å². The van der Waals surface area contributed by atoms with Crippen LogP contribution < -0.4 is 14.8 Å². The lowest BCUT2D eigenvalue weighted by Gasteiger charge is -2.33. The standard InChI is InChI=1S/C18H19NO5/c1-17(2)11-5-6-18(17,15(21)14(11)20)16(22)19-8-10-3-4-12-13(7-10)24-9-23-12/h3-4,7,11H,5-6,8-9H2,1-2H3,(H,19,22)/t11-,18-/m0/s1. The topological polar surface area (TPSA) is 81.7 Å². The SMILES string of the molecule is CC1(C)[C@H]2CC[C@@]1(C(=O)NCc1ccc3c(c1)OCO3)C(=O)C2=O. The quantitative estimate of drug-likeness (QED) is 0.673. The maximum atomic E-state index is 12.9. The first kappa shape index (κ1) is 15.2. The lowest BCUT2D eigenvalue weighted by Crippen LogP contribution is -2.50. The van der Waals surface area contributed by atoms with Crippen LogP contribution in [0.4, 0.5) is 0 Å². The van der Waals surface area contributed by atoms with Gasteiger partial charge in [-0.05, 0) is 36.0 Å². The first-order valence-corrected chi connectivity index (χ1v) is 8.13. The number of hydrogen-bond acceptors (Lipinski definition) is 5. The van der Waals surface area contributed by atoms with Crippen LogP contribution >= 0.6 is 0 Å². The van der Waals surface area contributed by atoms with E-state index in [1.54, 1.807) is 6.07 Å². The van der Waals surface area contributed by atoms with E-state index >= 15 is 0 Å². The summed E-state index contributed by atoms with van der Waals surface area (Å²) in [5, 5.41) is 2.85. The summed E-state index contributed by atoms with van der Waals surface area (Å²) < 4.78 is 10.6. The number of carbonyl (C=O) groups is 3. The molecule has 4 rings (SSSR count). The molecule has 1 heterocycles. The fraction of sp³-hybridized carbons (Fsp3) is 0.500. The van der Waals surface area contributed by atoms with E-state index in [1.165, 1.54) is 0 Å². The van der Waals surface area contributed by atoms with Crippen LogP contribution in [0.3, 0.4) is 0 Å². The summed E-state index contributed by atoms with van der Waals surface area (Å²) in [6.45, 7) is 4.18. The van der Waals surface area contributed by atoms with Gasteiger partial charge in [0.15, 0.2) is 11.5 Å². The van der Waals surface area contributed by atoms with E-state index in [2.05, 4.69) is 5.32 Å². The molecule has 1 N–H and O–H groups in total. The number of amides is 1. The van der Waals surface area contributed by atoms with E-state index < -0.39 is 16.6 Å². The predicted octanol–water partition coefficient (Wildman–Crippen LogP) is 1.61. The highest BCUT2D eigenvalue weighted by Crippen LogP contribution is 2.62. The average molecular weight is 329 g/mol. The number of nitrogens with one attached hydrogen (secondary N) is 1. The highest BCUT2D eigenvalue weighted by molar-refractivity contribution is 6.47. The summed E-state index contributed by atoms with van der Waals surface area (Å²) in [5.41, 5.74) is -0.987. The Morgan fingerprint density at radius 1 is 1.25 bits per heavy atom. The van der Waals surface area contributed by atoms with E-state index in [4.69, 9.17) is 9.47 Å². The average Bonchev–Trinajstić information content (AvgIpc) is 3.15. The molecule has 2 bridgehead atoms. The molecule has 1 amide bonds. The Hall–Kier alpha value is -2.37. The van der Waals surface area contributed by atoms with Crippen LogP contribution in [0.5, 0.6) is 11.5 Å². The second kappa shape index (κ2) is 4.82. The summed E-state index contributed by atoms with van der Waals surface area (Å²) in [4.78, 5) is 37.5. The minimum Gasteiger partial charge on any atom is -0.454 e. The summed E-state index contributed by atoms with van der Waals surface area (Å²) in [7, 11) is 0. The Morgan fingerprint density at radius 3 is 2.71 bits per heavy atom. The minimum atomic E-state index is -1.22. The van der Waals surface area contributed by atoms with Gasteiger partial charge < -0.3 is 14.8 Å². The first-order valence-electron chi connectivity index (χ1n) is 8.13. The van der Waals surface area contributed by atoms with Crippen molar-refractivity contribution in [1.82, 2.24) is 5.32 Å². The second-order valence-corrected chi connectivity index (χ2v) is 7.28. The molecule has 2 aliphatic carbocycles. The zero-order valence-corrected chi connectivity index (χ0v) is 13.7. The van der Waals surface area contributed by atoms with Gasteiger partial charge in [0.1, 0.15) is 5.41 Å². The largest absolute Gasteiger partial charge is 0.454 e. The molecule has 0 radical (unpaired) electrons. The van der Waals surface area contributed by atoms with E-state index in [-0.39, 0.29) is 30.9 Å². The molecule has 2 atom stereocenters. The third kappa shape index (κ3) is 1.74. The van der Waals surface area contributed by atoms with Crippen molar-refractivity contribution in [2.75, 3.05) is 6.79 Å². The number of ketones is 2. The van der Waals surface area contributed by atoms with E-state index in [0.29, 0.717) is 24.3 Å².